The summed E-state index contributed by atoms with van der Waals surface area (Å²) in [6, 6.07) is 17.9. The van der Waals surface area contributed by atoms with Crippen molar-refractivity contribution in [1.82, 2.24) is 9.55 Å². The number of rotatable bonds is 4. The molecule has 0 aliphatic carbocycles. The van der Waals surface area contributed by atoms with E-state index in [0.29, 0.717) is 11.1 Å². The van der Waals surface area contributed by atoms with Crippen LogP contribution in [0.25, 0.3) is 22.4 Å². The zero-order valence-electron chi connectivity index (χ0n) is 15.3. The Morgan fingerprint density at radius 2 is 1.62 bits per heavy atom. The molecule has 29 heavy (non-hydrogen) atoms. The van der Waals surface area contributed by atoms with E-state index in [1.807, 2.05) is 22.8 Å². The molecule has 4 aromatic rings. The van der Waals surface area contributed by atoms with E-state index in [2.05, 4.69) is 4.98 Å². The number of hydrogen-bond acceptors (Lipinski definition) is 2. The molecule has 0 saturated carbocycles. The lowest BCUT2D eigenvalue weighted by Gasteiger charge is -2.15. The number of carbonyl (C=O) groups excluding carboxylic acids is 1. The molecule has 0 saturated heterocycles. The fraction of sp³-hybridized carbons (Fsp3) is 0.0833. The van der Waals surface area contributed by atoms with Crippen LogP contribution in [0.2, 0.25) is 0 Å². The fourth-order valence-corrected chi connectivity index (χ4v) is 3.98. The van der Waals surface area contributed by atoms with Gasteiger partial charge in [-0.05, 0) is 29.3 Å². The predicted octanol–water partition coefficient (Wildman–Crippen LogP) is 5.67. The van der Waals surface area contributed by atoms with Gasteiger partial charge >= 0.3 is 0 Å². The van der Waals surface area contributed by atoms with Crippen LogP contribution in [-0.2, 0) is 0 Å². The first-order valence-corrected chi connectivity index (χ1v) is 9.31. The molecule has 142 valence electrons. The number of carbonyl (C=O) groups is 1. The monoisotopic (exact) mass is 386 g/mol. The van der Waals surface area contributed by atoms with Crippen molar-refractivity contribution < 1.29 is 13.6 Å². The second-order valence-electron chi connectivity index (χ2n) is 7.11. The number of imidazole rings is 1. The normalized spacial score (nSPS) is 14.5. The van der Waals surface area contributed by atoms with Gasteiger partial charge in [0.15, 0.2) is 5.78 Å². The Morgan fingerprint density at radius 3 is 2.34 bits per heavy atom. The lowest BCUT2D eigenvalue weighted by molar-refractivity contribution is 0.0970. The van der Waals surface area contributed by atoms with Crippen molar-refractivity contribution in [2.24, 2.45) is 0 Å². The summed E-state index contributed by atoms with van der Waals surface area (Å²) in [7, 11) is 0. The molecule has 5 rings (SSSR count). The third-order valence-electron chi connectivity index (χ3n) is 5.43. The van der Waals surface area contributed by atoms with Gasteiger partial charge in [-0.2, -0.15) is 0 Å². The van der Waals surface area contributed by atoms with Crippen molar-refractivity contribution in [2.75, 3.05) is 0 Å². The summed E-state index contributed by atoms with van der Waals surface area (Å²) in [5.41, 5.74) is 4.48. The van der Waals surface area contributed by atoms with Crippen molar-refractivity contribution in [3.8, 4) is 22.4 Å². The molecule has 3 aromatic carbocycles. The highest BCUT2D eigenvalue weighted by Crippen LogP contribution is 2.42. The molecular weight excluding hydrogens is 370 g/mol. The Labute approximate surface area is 166 Å². The quantitative estimate of drug-likeness (QED) is 0.424. The Hall–Kier alpha value is -3.60. The number of hydrogen-bond donors (Lipinski definition) is 0. The molecule has 5 heteroatoms. The largest absolute Gasteiger partial charge is 0.322 e. The Morgan fingerprint density at radius 1 is 0.931 bits per heavy atom. The highest BCUT2D eigenvalue weighted by molar-refractivity contribution is 5.97. The van der Waals surface area contributed by atoms with E-state index in [1.54, 1.807) is 42.9 Å². The maximum atomic E-state index is 14.5. The Kier molecular flexibility index (Phi) is 4.09. The van der Waals surface area contributed by atoms with E-state index in [0.717, 1.165) is 22.4 Å². The number of halogens is 2. The van der Waals surface area contributed by atoms with Gasteiger partial charge in [0.2, 0.25) is 0 Å². The summed E-state index contributed by atoms with van der Waals surface area (Å²) in [5.74, 6) is -0.671. The van der Waals surface area contributed by atoms with Crippen LogP contribution in [0, 0.1) is 11.6 Å². The minimum Gasteiger partial charge on any atom is -0.322 e. The van der Waals surface area contributed by atoms with Gasteiger partial charge < -0.3 is 4.57 Å². The summed E-state index contributed by atoms with van der Waals surface area (Å²) in [6.07, 6.45) is 3.48. The third kappa shape index (κ3) is 2.95. The second kappa shape index (κ2) is 6.78. The third-order valence-corrected chi connectivity index (χ3v) is 5.43. The fourth-order valence-electron chi connectivity index (χ4n) is 3.98. The van der Waals surface area contributed by atoms with Crippen LogP contribution in [0.4, 0.5) is 8.78 Å². The highest BCUT2D eigenvalue weighted by atomic mass is 19.1. The van der Waals surface area contributed by atoms with Crippen LogP contribution < -0.4 is 0 Å². The molecule has 1 aliphatic heterocycles. The molecule has 1 aromatic heterocycles. The van der Waals surface area contributed by atoms with Gasteiger partial charge in [0.05, 0.1) is 24.3 Å². The summed E-state index contributed by atoms with van der Waals surface area (Å²) < 4.78 is 29.5. The molecule has 0 amide bonds. The molecule has 0 radical (unpaired) electrons. The molecular formula is C24H16F2N2O. The number of fused-ring (bicyclic) bond motifs is 3. The van der Waals surface area contributed by atoms with Gasteiger partial charge in [0.1, 0.15) is 11.6 Å². The van der Waals surface area contributed by atoms with Gasteiger partial charge in [-0.1, -0.05) is 48.5 Å². The van der Waals surface area contributed by atoms with E-state index in [-0.39, 0.29) is 23.8 Å². The van der Waals surface area contributed by atoms with Gasteiger partial charge in [0, 0.05) is 23.1 Å². The van der Waals surface area contributed by atoms with Gasteiger partial charge in [-0.3, -0.25) is 4.79 Å². The maximum Gasteiger partial charge on any atom is 0.165 e. The molecule has 0 bridgehead atoms. The molecule has 3 nitrogen and oxygen atoms in total. The number of Topliss-reactive ketones (excluding diaryl/α,β-unsaturated/α-hetero) is 1. The average Bonchev–Trinajstić information content (AvgIpc) is 3.32. The van der Waals surface area contributed by atoms with E-state index in [9.17, 15) is 13.6 Å². The smallest absolute Gasteiger partial charge is 0.165 e. The maximum absolute atomic E-state index is 14.5. The number of nitrogens with zero attached hydrogens (tertiary/aromatic N) is 2. The van der Waals surface area contributed by atoms with E-state index in [1.165, 1.54) is 18.2 Å². The average molecular weight is 386 g/mol. The summed E-state index contributed by atoms with van der Waals surface area (Å²) >= 11 is 0. The first-order chi connectivity index (χ1) is 14.1. The Bertz CT molecular complexity index is 1210. The molecule has 1 aliphatic rings. The molecule has 2 heterocycles. The molecule has 0 spiro atoms. The Balaban J connectivity index is 1.42. The van der Waals surface area contributed by atoms with Crippen LogP contribution in [0.15, 0.2) is 79.3 Å². The van der Waals surface area contributed by atoms with Crippen LogP contribution >= 0.6 is 0 Å². The zero-order chi connectivity index (χ0) is 20.0. The summed E-state index contributed by atoms with van der Waals surface area (Å²) in [6.45, 7) is 0. The minimum absolute atomic E-state index is 0.0728. The van der Waals surface area contributed by atoms with Gasteiger partial charge in [-0.25, -0.2) is 13.8 Å². The first-order valence-electron chi connectivity index (χ1n) is 9.31. The van der Waals surface area contributed by atoms with Crippen LogP contribution in [-0.4, -0.2) is 15.3 Å². The standard InChI is InChI=1S/C24H16F2N2O/c25-18-10-8-16(9-11-18)15-4-6-17(7-5-15)23(29)12-21-24-19(2-1-3-20(24)26)22-13-27-14-28(21)22/h1-11,13-14,21H,12H2. The van der Waals surface area contributed by atoms with E-state index < -0.39 is 6.04 Å². The van der Waals surface area contributed by atoms with Crippen molar-refractivity contribution in [1.29, 1.82) is 0 Å². The molecule has 1 atom stereocenters. The van der Waals surface area contributed by atoms with Crippen LogP contribution in [0.3, 0.4) is 0 Å². The summed E-state index contributed by atoms with van der Waals surface area (Å²) in [4.78, 5) is 17.1. The zero-order valence-corrected chi connectivity index (χ0v) is 15.3. The van der Waals surface area contributed by atoms with E-state index >= 15 is 0 Å². The topological polar surface area (TPSA) is 34.9 Å². The molecule has 0 N–H and O–H groups in total. The molecule has 0 fully saturated rings. The van der Waals surface area contributed by atoms with Crippen molar-refractivity contribution in [3.05, 3.63) is 102 Å². The highest BCUT2D eigenvalue weighted by Gasteiger charge is 2.32. The summed E-state index contributed by atoms with van der Waals surface area (Å²) in [5, 5.41) is 0. The lowest BCUT2D eigenvalue weighted by atomic mass is 9.95. The minimum atomic E-state index is -0.409. The van der Waals surface area contributed by atoms with Crippen LogP contribution in [0.1, 0.15) is 28.4 Å². The number of benzene rings is 3. The van der Waals surface area contributed by atoms with Crippen molar-refractivity contribution in [2.45, 2.75) is 12.5 Å². The first kappa shape index (κ1) is 17.5. The predicted molar refractivity (Wildman–Crippen MR) is 107 cm³/mol. The number of aromatic nitrogens is 2. The van der Waals surface area contributed by atoms with Crippen LogP contribution in [0.5, 0.6) is 0 Å². The van der Waals surface area contributed by atoms with Gasteiger partial charge in [-0.15, -0.1) is 0 Å². The molecule has 1 unspecified atom stereocenters. The van der Waals surface area contributed by atoms with E-state index in [4.69, 9.17) is 0 Å². The van der Waals surface area contributed by atoms with Gasteiger partial charge in [0.25, 0.3) is 0 Å². The van der Waals surface area contributed by atoms with Crippen molar-refractivity contribution in [3.63, 3.8) is 0 Å². The lowest BCUT2D eigenvalue weighted by Crippen LogP contribution is -2.12. The number of ketones is 1. The van der Waals surface area contributed by atoms with Crippen molar-refractivity contribution >= 4 is 5.78 Å². The second-order valence-corrected chi connectivity index (χ2v) is 7.11. The SMILES string of the molecule is O=C(CC1c2c(F)cccc2-c2cncn21)c1ccc(-c2ccc(F)cc2)cc1.